The van der Waals surface area contributed by atoms with Crippen LogP contribution in [0.2, 0.25) is 0 Å². The molecular formula is C13H13BrFN3. The van der Waals surface area contributed by atoms with Gasteiger partial charge < -0.3 is 10.6 Å². The minimum Gasteiger partial charge on any atom is -0.370 e. The number of hydrogen-bond acceptors (Lipinski definition) is 3. The molecule has 0 fully saturated rings. The molecule has 0 aliphatic heterocycles. The normalized spacial score (nSPS) is 10.2. The third-order valence-corrected chi connectivity index (χ3v) is 2.93. The van der Waals surface area contributed by atoms with E-state index in [9.17, 15) is 4.39 Å². The van der Waals surface area contributed by atoms with Gasteiger partial charge in [-0.15, -0.1) is 0 Å². The fourth-order valence-electron chi connectivity index (χ4n) is 1.53. The van der Waals surface area contributed by atoms with Crippen LogP contribution in [0.1, 0.15) is 6.92 Å². The zero-order valence-corrected chi connectivity index (χ0v) is 11.5. The van der Waals surface area contributed by atoms with Gasteiger partial charge in [0.2, 0.25) is 0 Å². The van der Waals surface area contributed by atoms with E-state index in [-0.39, 0.29) is 5.82 Å². The van der Waals surface area contributed by atoms with E-state index in [2.05, 4.69) is 31.5 Å². The quantitative estimate of drug-likeness (QED) is 0.890. The van der Waals surface area contributed by atoms with E-state index in [1.807, 2.05) is 19.1 Å². The highest BCUT2D eigenvalue weighted by atomic mass is 79.9. The highest BCUT2D eigenvalue weighted by Gasteiger charge is 2.01. The SMILES string of the molecule is CCNc1cc(Nc2ccc(F)c(Br)c2)ccn1. The molecule has 0 bridgehead atoms. The molecule has 0 aliphatic carbocycles. The molecule has 94 valence electrons. The fourth-order valence-corrected chi connectivity index (χ4v) is 1.91. The predicted octanol–water partition coefficient (Wildman–Crippen LogP) is 4.16. The molecule has 1 heterocycles. The summed E-state index contributed by atoms with van der Waals surface area (Å²) in [7, 11) is 0. The van der Waals surface area contributed by atoms with Crippen LogP contribution in [0.25, 0.3) is 0 Å². The molecule has 0 aliphatic rings. The van der Waals surface area contributed by atoms with Crippen molar-refractivity contribution in [2.75, 3.05) is 17.2 Å². The Hall–Kier alpha value is -1.62. The minimum absolute atomic E-state index is 0.274. The number of nitrogens with zero attached hydrogens (tertiary/aromatic N) is 1. The van der Waals surface area contributed by atoms with E-state index >= 15 is 0 Å². The molecule has 2 aromatic rings. The number of hydrogen-bond donors (Lipinski definition) is 2. The van der Waals surface area contributed by atoms with Crippen LogP contribution < -0.4 is 10.6 Å². The van der Waals surface area contributed by atoms with E-state index in [0.29, 0.717) is 4.47 Å². The average molecular weight is 310 g/mol. The van der Waals surface area contributed by atoms with Gasteiger partial charge in [0, 0.05) is 30.2 Å². The number of benzene rings is 1. The lowest BCUT2D eigenvalue weighted by atomic mass is 10.3. The van der Waals surface area contributed by atoms with E-state index in [0.717, 1.165) is 23.7 Å². The number of anilines is 3. The smallest absolute Gasteiger partial charge is 0.137 e. The van der Waals surface area contributed by atoms with Crippen LogP contribution in [0.3, 0.4) is 0 Å². The summed E-state index contributed by atoms with van der Waals surface area (Å²) in [6.07, 6.45) is 1.72. The van der Waals surface area contributed by atoms with Crippen molar-refractivity contribution in [2.24, 2.45) is 0 Å². The maximum absolute atomic E-state index is 13.1. The average Bonchev–Trinajstić information content (AvgIpc) is 2.35. The maximum atomic E-state index is 13.1. The van der Waals surface area contributed by atoms with Gasteiger partial charge in [-0.05, 0) is 47.1 Å². The molecule has 18 heavy (non-hydrogen) atoms. The topological polar surface area (TPSA) is 37.0 Å². The predicted molar refractivity (Wildman–Crippen MR) is 75.8 cm³/mol. The van der Waals surface area contributed by atoms with Crippen molar-refractivity contribution in [3.05, 3.63) is 46.8 Å². The fraction of sp³-hybridized carbons (Fsp3) is 0.154. The summed E-state index contributed by atoms with van der Waals surface area (Å²) in [4.78, 5) is 4.18. The number of pyridine rings is 1. The van der Waals surface area contributed by atoms with E-state index in [1.165, 1.54) is 6.07 Å². The van der Waals surface area contributed by atoms with Gasteiger partial charge in [0.1, 0.15) is 11.6 Å². The summed E-state index contributed by atoms with van der Waals surface area (Å²) in [5, 5.41) is 6.33. The van der Waals surface area contributed by atoms with Crippen LogP contribution in [0.15, 0.2) is 41.0 Å². The Balaban J connectivity index is 2.17. The Kier molecular flexibility index (Phi) is 4.15. The third kappa shape index (κ3) is 3.20. The molecule has 1 aromatic carbocycles. The van der Waals surface area contributed by atoms with Gasteiger partial charge in [-0.2, -0.15) is 0 Å². The van der Waals surface area contributed by atoms with Crippen molar-refractivity contribution in [3.63, 3.8) is 0 Å². The maximum Gasteiger partial charge on any atom is 0.137 e. The molecule has 0 atom stereocenters. The molecule has 0 radical (unpaired) electrons. The Morgan fingerprint density at radius 2 is 2.00 bits per heavy atom. The molecule has 3 nitrogen and oxygen atoms in total. The van der Waals surface area contributed by atoms with Crippen molar-refractivity contribution in [1.29, 1.82) is 0 Å². The Bertz CT molecular complexity index is 546. The number of halogens is 2. The lowest BCUT2D eigenvalue weighted by molar-refractivity contribution is 0.621. The molecule has 2 N–H and O–H groups in total. The summed E-state index contributed by atoms with van der Waals surface area (Å²) < 4.78 is 13.5. The molecule has 0 amide bonds. The highest BCUT2D eigenvalue weighted by molar-refractivity contribution is 9.10. The minimum atomic E-state index is -0.274. The largest absolute Gasteiger partial charge is 0.370 e. The van der Waals surface area contributed by atoms with Crippen LogP contribution >= 0.6 is 15.9 Å². The van der Waals surface area contributed by atoms with Crippen LogP contribution in [0, 0.1) is 5.82 Å². The lowest BCUT2D eigenvalue weighted by Crippen LogP contribution is -2.00. The zero-order chi connectivity index (χ0) is 13.0. The third-order valence-electron chi connectivity index (χ3n) is 2.33. The van der Waals surface area contributed by atoms with E-state index in [1.54, 1.807) is 18.3 Å². The zero-order valence-electron chi connectivity index (χ0n) is 9.87. The van der Waals surface area contributed by atoms with Crippen LogP contribution in [-0.4, -0.2) is 11.5 Å². The summed E-state index contributed by atoms with van der Waals surface area (Å²) in [5.41, 5.74) is 1.72. The van der Waals surface area contributed by atoms with Crippen molar-refractivity contribution in [2.45, 2.75) is 6.92 Å². The summed E-state index contributed by atoms with van der Waals surface area (Å²) in [6.45, 7) is 2.83. The Labute approximate surface area is 114 Å². The van der Waals surface area contributed by atoms with Crippen molar-refractivity contribution >= 4 is 33.1 Å². The molecule has 0 unspecified atom stereocenters. The first-order valence-electron chi connectivity index (χ1n) is 5.61. The number of rotatable bonds is 4. The summed E-state index contributed by atoms with van der Waals surface area (Å²) >= 11 is 3.16. The molecule has 0 saturated carbocycles. The molecule has 5 heteroatoms. The molecule has 0 spiro atoms. The van der Waals surface area contributed by atoms with Crippen LogP contribution in [0.5, 0.6) is 0 Å². The van der Waals surface area contributed by atoms with E-state index in [4.69, 9.17) is 0 Å². The molecule has 2 rings (SSSR count). The molecular weight excluding hydrogens is 297 g/mol. The van der Waals surface area contributed by atoms with Gasteiger partial charge in [-0.3, -0.25) is 0 Å². The van der Waals surface area contributed by atoms with Gasteiger partial charge in [0.05, 0.1) is 4.47 Å². The van der Waals surface area contributed by atoms with Gasteiger partial charge in [0.15, 0.2) is 0 Å². The highest BCUT2D eigenvalue weighted by Crippen LogP contribution is 2.23. The molecule has 0 saturated heterocycles. The molecule has 1 aromatic heterocycles. The first kappa shape index (κ1) is 12.8. The van der Waals surface area contributed by atoms with Crippen LogP contribution in [-0.2, 0) is 0 Å². The van der Waals surface area contributed by atoms with Crippen molar-refractivity contribution in [3.8, 4) is 0 Å². The Morgan fingerprint density at radius 3 is 2.72 bits per heavy atom. The second-order valence-corrected chi connectivity index (χ2v) is 4.57. The first-order chi connectivity index (χ1) is 8.69. The van der Waals surface area contributed by atoms with E-state index < -0.39 is 0 Å². The number of nitrogens with one attached hydrogen (secondary N) is 2. The van der Waals surface area contributed by atoms with Gasteiger partial charge in [0.25, 0.3) is 0 Å². The second kappa shape index (κ2) is 5.82. The first-order valence-corrected chi connectivity index (χ1v) is 6.40. The monoisotopic (exact) mass is 309 g/mol. The Morgan fingerprint density at radius 1 is 1.22 bits per heavy atom. The van der Waals surface area contributed by atoms with Crippen LogP contribution in [0.4, 0.5) is 21.6 Å². The van der Waals surface area contributed by atoms with Gasteiger partial charge in [-0.1, -0.05) is 0 Å². The summed E-state index contributed by atoms with van der Waals surface area (Å²) in [6, 6.07) is 8.56. The van der Waals surface area contributed by atoms with Gasteiger partial charge in [-0.25, -0.2) is 9.37 Å². The van der Waals surface area contributed by atoms with Crippen molar-refractivity contribution < 1.29 is 4.39 Å². The summed E-state index contributed by atoms with van der Waals surface area (Å²) in [5.74, 6) is 0.535. The standard InChI is InChI=1S/C13H13BrFN3/c1-2-16-13-8-10(5-6-17-13)18-9-3-4-12(15)11(14)7-9/h3-8H,2H2,1H3,(H2,16,17,18). The second-order valence-electron chi connectivity index (χ2n) is 3.71. The lowest BCUT2D eigenvalue weighted by Gasteiger charge is -2.09. The van der Waals surface area contributed by atoms with Gasteiger partial charge >= 0.3 is 0 Å². The van der Waals surface area contributed by atoms with Crippen molar-refractivity contribution in [1.82, 2.24) is 4.98 Å². The number of aromatic nitrogens is 1.